The maximum absolute atomic E-state index is 8.56. The van der Waals surface area contributed by atoms with Gasteiger partial charge in [0.05, 0.1) is 19.4 Å². The van der Waals surface area contributed by atoms with Gasteiger partial charge >= 0.3 is 0 Å². The summed E-state index contributed by atoms with van der Waals surface area (Å²) in [4.78, 5) is 0. The molecular formula is C10H15NO3. The second kappa shape index (κ2) is 5.34. The van der Waals surface area contributed by atoms with Gasteiger partial charge in [0, 0.05) is 19.1 Å². The van der Waals surface area contributed by atoms with Crippen LogP contribution in [0.2, 0.25) is 0 Å². The van der Waals surface area contributed by atoms with E-state index in [9.17, 15) is 0 Å². The summed E-state index contributed by atoms with van der Waals surface area (Å²) in [7, 11) is 1.58. The summed E-state index contributed by atoms with van der Waals surface area (Å²) in [6.45, 7) is 0.586. The second-order valence-corrected chi connectivity index (χ2v) is 2.83. The quantitative estimate of drug-likeness (QED) is 0.546. The van der Waals surface area contributed by atoms with Crippen molar-refractivity contribution in [3.05, 3.63) is 18.2 Å². The van der Waals surface area contributed by atoms with Crippen molar-refractivity contribution in [1.29, 1.82) is 0 Å². The monoisotopic (exact) mass is 197 g/mol. The summed E-state index contributed by atoms with van der Waals surface area (Å²) in [5, 5.41) is 8.56. The fourth-order valence-corrected chi connectivity index (χ4v) is 1.03. The minimum Gasteiger partial charge on any atom is -0.497 e. The number of aliphatic hydroxyl groups is 1. The molecule has 0 radical (unpaired) electrons. The summed E-state index contributed by atoms with van der Waals surface area (Å²) in [6, 6.07) is 5.24. The van der Waals surface area contributed by atoms with Crippen molar-refractivity contribution in [2.24, 2.45) is 0 Å². The van der Waals surface area contributed by atoms with Crippen LogP contribution in [0.3, 0.4) is 0 Å². The topological polar surface area (TPSA) is 64.7 Å². The molecule has 0 aliphatic carbocycles. The standard InChI is InChI=1S/C10H15NO3/c1-13-8-3-4-10(9(11)7-8)14-6-2-5-12/h3-4,7,12H,2,5-6,11H2,1H3. The summed E-state index contributed by atoms with van der Waals surface area (Å²) in [5.74, 6) is 1.33. The van der Waals surface area contributed by atoms with E-state index in [1.165, 1.54) is 0 Å². The third kappa shape index (κ3) is 2.81. The molecule has 4 nitrogen and oxygen atoms in total. The van der Waals surface area contributed by atoms with Gasteiger partial charge in [0.2, 0.25) is 0 Å². The molecule has 0 aromatic heterocycles. The van der Waals surface area contributed by atoms with Crippen LogP contribution in [0, 0.1) is 0 Å². The Hall–Kier alpha value is -1.42. The molecule has 0 aliphatic rings. The number of hydrogen-bond donors (Lipinski definition) is 2. The molecule has 14 heavy (non-hydrogen) atoms. The van der Waals surface area contributed by atoms with E-state index in [1.807, 2.05) is 0 Å². The summed E-state index contributed by atoms with van der Waals surface area (Å²) >= 11 is 0. The van der Waals surface area contributed by atoms with Gasteiger partial charge in [0.15, 0.2) is 0 Å². The number of ether oxygens (including phenoxy) is 2. The van der Waals surface area contributed by atoms with Gasteiger partial charge in [-0.1, -0.05) is 0 Å². The highest BCUT2D eigenvalue weighted by molar-refractivity contribution is 5.56. The molecule has 0 saturated carbocycles. The van der Waals surface area contributed by atoms with Gasteiger partial charge in [-0.15, -0.1) is 0 Å². The van der Waals surface area contributed by atoms with Crippen LogP contribution >= 0.6 is 0 Å². The molecule has 0 bridgehead atoms. The van der Waals surface area contributed by atoms with Crippen molar-refractivity contribution >= 4 is 5.69 Å². The van der Waals surface area contributed by atoms with Gasteiger partial charge in [0.1, 0.15) is 11.5 Å². The maximum atomic E-state index is 8.56. The molecule has 4 heteroatoms. The van der Waals surface area contributed by atoms with Crippen LogP contribution in [0.1, 0.15) is 6.42 Å². The molecule has 0 aliphatic heterocycles. The van der Waals surface area contributed by atoms with Crippen LogP contribution in [0.4, 0.5) is 5.69 Å². The zero-order chi connectivity index (χ0) is 10.4. The number of nitrogens with two attached hydrogens (primary N) is 1. The average molecular weight is 197 g/mol. The summed E-state index contributed by atoms with van der Waals surface area (Å²) in [5.41, 5.74) is 6.26. The minimum atomic E-state index is 0.121. The maximum Gasteiger partial charge on any atom is 0.142 e. The number of rotatable bonds is 5. The predicted molar refractivity (Wildman–Crippen MR) is 54.6 cm³/mol. The van der Waals surface area contributed by atoms with Crippen LogP contribution in [-0.2, 0) is 0 Å². The summed E-state index contributed by atoms with van der Waals surface area (Å²) in [6.07, 6.45) is 0.603. The van der Waals surface area contributed by atoms with Crippen LogP contribution in [0.5, 0.6) is 11.5 Å². The first kappa shape index (κ1) is 10.7. The number of hydrogen-bond acceptors (Lipinski definition) is 4. The van der Waals surface area contributed by atoms with Crippen molar-refractivity contribution in [1.82, 2.24) is 0 Å². The number of nitrogen functional groups attached to an aromatic ring is 1. The van der Waals surface area contributed by atoms with E-state index in [1.54, 1.807) is 25.3 Å². The van der Waals surface area contributed by atoms with Crippen molar-refractivity contribution in [2.75, 3.05) is 26.1 Å². The molecule has 1 aromatic carbocycles. The lowest BCUT2D eigenvalue weighted by molar-refractivity contribution is 0.234. The second-order valence-electron chi connectivity index (χ2n) is 2.83. The Morgan fingerprint density at radius 1 is 1.43 bits per heavy atom. The van der Waals surface area contributed by atoms with E-state index in [0.29, 0.717) is 30.2 Å². The van der Waals surface area contributed by atoms with E-state index in [-0.39, 0.29) is 6.61 Å². The molecule has 1 aromatic rings. The van der Waals surface area contributed by atoms with Gasteiger partial charge in [-0.25, -0.2) is 0 Å². The van der Waals surface area contributed by atoms with Gasteiger partial charge in [-0.3, -0.25) is 0 Å². The van der Waals surface area contributed by atoms with Crippen LogP contribution < -0.4 is 15.2 Å². The molecule has 0 saturated heterocycles. The van der Waals surface area contributed by atoms with Gasteiger partial charge in [-0.2, -0.15) is 0 Å². The number of benzene rings is 1. The van der Waals surface area contributed by atoms with Crippen molar-refractivity contribution < 1.29 is 14.6 Å². The Bertz CT molecular complexity index is 289. The number of aliphatic hydroxyl groups excluding tert-OH is 1. The zero-order valence-corrected chi connectivity index (χ0v) is 8.19. The molecular weight excluding hydrogens is 182 g/mol. The Kier molecular flexibility index (Phi) is 4.07. The molecule has 0 heterocycles. The first-order valence-electron chi connectivity index (χ1n) is 4.45. The Morgan fingerprint density at radius 2 is 2.21 bits per heavy atom. The molecule has 0 spiro atoms. The Morgan fingerprint density at radius 3 is 2.79 bits per heavy atom. The lowest BCUT2D eigenvalue weighted by Crippen LogP contribution is -2.02. The van der Waals surface area contributed by atoms with E-state index < -0.39 is 0 Å². The van der Waals surface area contributed by atoms with Crippen LogP contribution in [0.25, 0.3) is 0 Å². The third-order valence-corrected chi connectivity index (χ3v) is 1.78. The predicted octanol–water partition coefficient (Wildman–Crippen LogP) is 1.04. The highest BCUT2D eigenvalue weighted by atomic mass is 16.5. The van der Waals surface area contributed by atoms with E-state index in [0.717, 1.165) is 0 Å². The molecule has 1 rings (SSSR count). The van der Waals surface area contributed by atoms with E-state index in [2.05, 4.69) is 0 Å². The first-order chi connectivity index (χ1) is 6.77. The highest BCUT2D eigenvalue weighted by Gasteiger charge is 2.01. The van der Waals surface area contributed by atoms with Gasteiger partial charge in [0.25, 0.3) is 0 Å². The van der Waals surface area contributed by atoms with E-state index >= 15 is 0 Å². The third-order valence-electron chi connectivity index (χ3n) is 1.78. The SMILES string of the molecule is COc1ccc(OCCCO)c(N)c1. The average Bonchev–Trinajstić information content (AvgIpc) is 2.20. The lowest BCUT2D eigenvalue weighted by Gasteiger charge is -2.09. The van der Waals surface area contributed by atoms with Crippen molar-refractivity contribution in [3.63, 3.8) is 0 Å². The summed E-state index contributed by atoms with van der Waals surface area (Å²) < 4.78 is 10.3. The van der Waals surface area contributed by atoms with Crippen molar-refractivity contribution in [3.8, 4) is 11.5 Å². The van der Waals surface area contributed by atoms with Gasteiger partial charge < -0.3 is 20.3 Å². The number of methoxy groups -OCH3 is 1. The molecule has 0 fully saturated rings. The molecule has 0 amide bonds. The molecule has 0 atom stereocenters. The normalized spacial score (nSPS) is 9.86. The highest BCUT2D eigenvalue weighted by Crippen LogP contribution is 2.26. The fourth-order valence-electron chi connectivity index (χ4n) is 1.03. The Balaban J connectivity index is 2.59. The fraction of sp³-hybridized carbons (Fsp3) is 0.400. The van der Waals surface area contributed by atoms with Crippen LogP contribution in [0.15, 0.2) is 18.2 Å². The van der Waals surface area contributed by atoms with Crippen molar-refractivity contribution in [2.45, 2.75) is 6.42 Å². The molecule has 78 valence electrons. The van der Waals surface area contributed by atoms with E-state index in [4.69, 9.17) is 20.3 Å². The smallest absolute Gasteiger partial charge is 0.142 e. The first-order valence-corrected chi connectivity index (χ1v) is 4.45. The zero-order valence-electron chi connectivity index (χ0n) is 8.19. The Labute approximate surface area is 83.3 Å². The van der Waals surface area contributed by atoms with Gasteiger partial charge in [-0.05, 0) is 12.1 Å². The largest absolute Gasteiger partial charge is 0.497 e. The molecule has 0 unspecified atom stereocenters. The minimum absolute atomic E-state index is 0.121. The molecule has 3 N–H and O–H groups in total. The lowest BCUT2D eigenvalue weighted by atomic mass is 10.3. The number of anilines is 1. The van der Waals surface area contributed by atoms with Crippen LogP contribution in [-0.4, -0.2) is 25.4 Å².